The monoisotopic (exact) mass is 832 g/mol. The van der Waals surface area contributed by atoms with E-state index in [1.807, 2.05) is 72.8 Å². The molecule has 2 N–H and O–H groups in total. The van der Waals surface area contributed by atoms with Gasteiger partial charge in [-0.2, -0.15) is 0 Å². The fourth-order valence-electron chi connectivity index (χ4n) is 8.31. The minimum absolute atomic E-state index is 0.0221. The van der Waals surface area contributed by atoms with Crippen molar-refractivity contribution in [3.63, 3.8) is 0 Å². The summed E-state index contributed by atoms with van der Waals surface area (Å²) in [5.74, 6) is -2.16. The second kappa shape index (κ2) is 23.9. The molecule has 0 aliphatic carbocycles. The number of ether oxygens (including phenoxy) is 4. The molecule has 0 amide bonds. The Labute approximate surface area is 367 Å². The predicted molar refractivity (Wildman–Crippen MR) is 246 cm³/mol. The molecule has 2 atom stereocenters. The lowest BCUT2D eigenvalue weighted by Crippen LogP contribution is -2.42. The van der Waals surface area contributed by atoms with Gasteiger partial charge in [0.05, 0.1) is 26.4 Å². The smallest absolute Gasteiger partial charge is 0.417 e. The molecule has 0 radical (unpaired) electrons. The highest BCUT2D eigenvalue weighted by molar-refractivity contribution is 6.29. The van der Waals surface area contributed by atoms with E-state index in [0.717, 1.165) is 33.4 Å². The average Bonchev–Trinajstić information content (AvgIpc) is 3.27. The van der Waals surface area contributed by atoms with Crippen LogP contribution in [-0.4, -0.2) is 63.5 Å². The SMILES string of the molecule is Cc1cc(C)cc(COCC(NCCOC(=O)C(=O)OCCNC(COCc2cc(C)cc(C)c2)C(c2ccccc2)c2ccccc2)C(c2ccccc2)c2ccccc2)c1. The fourth-order valence-corrected chi connectivity index (χ4v) is 8.31. The van der Waals surface area contributed by atoms with Crippen LogP contribution in [0.1, 0.15) is 67.5 Å². The van der Waals surface area contributed by atoms with Gasteiger partial charge in [-0.15, -0.1) is 0 Å². The standard InChI is InChI=1S/C54H60N2O6/c1-39-29-40(2)32-43(31-39)35-59-37-49(51(45-17-9-5-10-18-45)46-19-11-6-12-20-46)55-25-27-61-53(57)54(58)62-28-26-56-50(38-60-36-44-33-41(3)30-42(4)34-44)52(47-21-13-7-14-22-47)48-23-15-8-16-24-48/h5-24,29-34,49-52,55-56H,25-28,35-38H2,1-4H3. The lowest BCUT2D eigenvalue weighted by atomic mass is 9.85. The van der Waals surface area contributed by atoms with Crippen LogP contribution >= 0.6 is 0 Å². The number of nitrogens with one attached hydrogen (secondary N) is 2. The second-order valence-electron chi connectivity index (χ2n) is 16.0. The first kappa shape index (κ1) is 45.6. The Kier molecular flexibility index (Phi) is 17.6. The molecule has 0 saturated carbocycles. The second-order valence-corrected chi connectivity index (χ2v) is 16.0. The topological polar surface area (TPSA) is 95.1 Å². The first-order chi connectivity index (χ1) is 30.2. The highest BCUT2D eigenvalue weighted by Gasteiger charge is 2.27. The molecular formula is C54H60N2O6. The Morgan fingerprint density at radius 3 is 1.02 bits per heavy atom. The van der Waals surface area contributed by atoms with Crippen LogP contribution in [0.2, 0.25) is 0 Å². The highest BCUT2D eigenvalue weighted by atomic mass is 16.6. The summed E-state index contributed by atoms with van der Waals surface area (Å²) in [4.78, 5) is 25.8. The van der Waals surface area contributed by atoms with Crippen molar-refractivity contribution >= 4 is 11.9 Å². The van der Waals surface area contributed by atoms with Crippen molar-refractivity contribution in [3.8, 4) is 0 Å². The van der Waals surface area contributed by atoms with E-state index in [-0.39, 0.29) is 37.1 Å². The lowest BCUT2D eigenvalue weighted by Gasteiger charge is -2.29. The van der Waals surface area contributed by atoms with Crippen LogP contribution < -0.4 is 10.6 Å². The van der Waals surface area contributed by atoms with Crippen LogP contribution in [0.25, 0.3) is 0 Å². The quantitative estimate of drug-likeness (QED) is 0.0398. The Balaban J connectivity index is 1.04. The summed E-state index contributed by atoms with van der Waals surface area (Å²) in [6, 6.07) is 53.8. The first-order valence-electron chi connectivity index (χ1n) is 21.5. The fraction of sp³-hybridized carbons (Fsp3) is 0.296. The first-order valence-corrected chi connectivity index (χ1v) is 21.5. The van der Waals surface area contributed by atoms with Gasteiger partial charge in [-0.05, 0) is 61.1 Å². The van der Waals surface area contributed by atoms with Crippen LogP contribution in [0.3, 0.4) is 0 Å². The van der Waals surface area contributed by atoms with Crippen molar-refractivity contribution in [2.75, 3.05) is 39.5 Å². The molecule has 0 aromatic heterocycles. The minimum Gasteiger partial charge on any atom is -0.456 e. The normalized spacial score (nSPS) is 12.3. The highest BCUT2D eigenvalue weighted by Crippen LogP contribution is 2.30. The summed E-state index contributed by atoms with van der Waals surface area (Å²) in [5, 5.41) is 7.16. The molecule has 0 fully saturated rings. The van der Waals surface area contributed by atoms with Gasteiger partial charge >= 0.3 is 11.9 Å². The Morgan fingerprint density at radius 1 is 0.435 bits per heavy atom. The summed E-state index contributed by atoms with van der Waals surface area (Å²) in [6.45, 7) is 10.6. The maximum Gasteiger partial charge on any atom is 0.417 e. The van der Waals surface area contributed by atoms with E-state index in [9.17, 15) is 9.59 Å². The van der Waals surface area contributed by atoms with Crippen LogP contribution in [0.5, 0.6) is 0 Å². The Hall–Kier alpha value is -5.90. The molecule has 62 heavy (non-hydrogen) atoms. The zero-order chi connectivity index (χ0) is 43.5. The van der Waals surface area contributed by atoms with Crippen molar-refractivity contribution in [2.45, 2.75) is 64.8 Å². The number of aryl methyl sites for hydroxylation is 4. The van der Waals surface area contributed by atoms with E-state index in [4.69, 9.17) is 18.9 Å². The maximum absolute atomic E-state index is 12.9. The number of benzene rings is 6. The van der Waals surface area contributed by atoms with Gasteiger partial charge in [0.15, 0.2) is 0 Å². The molecule has 2 unspecified atom stereocenters. The molecule has 8 nitrogen and oxygen atoms in total. The van der Waals surface area contributed by atoms with Crippen molar-refractivity contribution in [1.82, 2.24) is 10.6 Å². The lowest BCUT2D eigenvalue weighted by molar-refractivity contribution is -0.167. The maximum atomic E-state index is 12.9. The summed E-state index contributed by atoms with van der Waals surface area (Å²) in [5.41, 5.74) is 11.5. The van der Waals surface area contributed by atoms with Gasteiger partial charge in [0, 0.05) is 37.0 Å². The van der Waals surface area contributed by atoms with Crippen LogP contribution in [-0.2, 0) is 41.8 Å². The molecule has 322 valence electrons. The largest absolute Gasteiger partial charge is 0.456 e. The van der Waals surface area contributed by atoms with Gasteiger partial charge in [-0.1, -0.05) is 180 Å². The molecule has 0 aliphatic rings. The molecule has 6 rings (SSSR count). The molecule has 0 saturated heterocycles. The molecule has 8 heteroatoms. The zero-order valence-corrected chi connectivity index (χ0v) is 36.4. The van der Waals surface area contributed by atoms with E-state index in [1.54, 1.807) is 0 Å². The third-order valence-electron chi connectivity index (χ3n) is 10.8. The third-order valence-corrected chi connectivity index (χ3v) is 10.8. The van der Waals surface area contributed by atoms with Gasteiger partial charge in [-0.25, -0.2) is 9.59 Å². The zero-order valence-electron chi connectivity index (χ0n) is 36.4. The predicted octanol–water partition coefficient (Wildman–Crippen LogP) is 9.32. The van der Waals surface area contributed by atoms with Gasteiger partial charge in [-0.3, -0.25) is 0 Å². The van der Waals surface area contributed by atoms with Crippen molar-refractivity contribution in [2.24, 2.45) is 0 Å². The van der Waals surface area contributed by atoms with Crippen LogP contribution in [0.15, 0.2) is 158 Å². The molecule has 6 aromatic rings. The van der Waals surface area contributed by atoms with Gasteiger partial charge in [0.1, 0.15) is 13.2 Å². The summed E-state index contributed by atoms with van der Waals surface area (Å²) >= 11 is 0. The van der Waals surface area contributed by atoms with Gasteiger partial charge < -0.3 is 29.6 Å². The van der Waals surface area contributed by atoms with Crippen molar-refractivity contribution in [1.29, 1.82) is 0 Å². The van der Waals surface area contributed by atoms with Crippen molar-refractivity contribution < 1.29 is 28.5 Å². The number of esters is 2. The van der Waals surface area contributed by atoms with E-state index in [1.165, 1.54) is 22.3 Å². The summed E-state index contributed by atoms with van der Waals surface area (Å²) in [7, 11) is 0. The number of hydrogen-bond acceptors (Lipinski definition) is 8. The summed E-state index contributed by atoms with van der Waals surface area (Å²) in [6.07, 6.45) is 0. The third kappa shape index (κ3) is 14.1. The number of hydrogen-bond donors (Lipinski definition) is 2. The molecule has 0 heterocycles. The van der Waals surface area contributed by atoms with Gasteiger partial charge in [0.2, 0.25) is 0 Å². The van der Waals surface area contributed by atoms with E-state index < -0.39 is 11.9 Å². The molecular weight excluding hydrogens is 773 g/mol. The van der Waals surface area contributed by atoms with E-state index in [0.29, 0.717) is 39.5 Å². The van der Waals surface area contributed by atoms with E-state index >= 15 is 0 Å². The van der Waals surface area contributed by atoms with Gasteiger partial charge in [0.25, 0.3) is 0 Å². The molecule has 0 aliphatic heterocycles. The molecule has 0 spiro atoms. The Bertz CT molecular complexity index is 1990. The Morgan fingerprint density at radius 2 is 0.726 bits per heavy atom. The van der Waals surface area contributed by atoms with E-state index in [2.05, 4.69) is 123 Å². The number of rotatable bonds is 22. The van der Waals surface area contributed by atoms with Crippen LogP contribution in [0, 0.1) is 27.7 Å². The number of carbonyl (C=O) groups is 2. The molecule has 6 aromatic carbocycles. The summed E-state index contributed by atoms with van der Waals surface area (Å²) < 4.78 is 23.6. The minimum atomic E-state index is -1.03. The molecule has 0 bridgehead atoms. The number of carbonyl (C=O) groups excluding carboxylic acids is 2. The van der Waals surface area contributed by atoms with Crippen LogP contribution in [0.4, 0.5) is 0 Å². The van der Waals surface area contributed by atoms with Crippen molar-refractivity contribution in [3.05, 3.63) is 213 Å². The average molecular weight is 833 g/mol.